The maximum Gasteiger partial charge on any atom is 0.358 e. The Labute approximate surface area is 725 Å². The number of halogens is 1. The van der Waals surface area contributed by atoms with E-state index in [1.54, 1.807) is 34.4 Å². The van der Waals surface area contributed by atoms with Gasteiger partial charge in [-0.2, -0.15) is 0 Å². The first-order valence-corrected chi connectivity index (χ1v) is 49.2. The van der Waals surface area contributed by atoms with Crippen molar-refractivity contribution in [1.29, 1.82) is 0 Å². The molecule has 2 aromatic rings. The smallest absolute Gasteiger partial charge is 0.358 e. The number of para-hydroxylation sites is 2. The van der Waals surface area contributed by atoms with E-state index in [1.807, 2.05) is 48.5 Å². The van der Waals surface area contributed by atoms with Crippen LogP contribution in [-0.4, -0.2) is 103 Å². The molecule has 0 spiro atoms. The predicted molar refractivity (Wildman–Crippen MR) is 475 cm³/mol. The molecule has 2 aromatic carbocycles. The Hall–Kier alpha value is -3.09. The van der Waals surface area contributed by atoms with Gasteiger partial charge in [-0.3, -0.25) is 0 Å². The van der Waals surface area contributed by atoms with Crippen LogP contribution in [0.1, 0.15) is 290 Å². The highest BCUT2D eigenvalue weighted by Crippen LogP contribution is 2.72. The highest BCUT2D eigenvalue weighted by molar-refractivity contribution is 7.82. The van der Waals surface area contributed by atoms with Crippen LogP contribution in [0.15, 0.2) is 107 Å². The van der Waals surface area contributed by atoms with Crippen LogP contribution in [0, 0.1) is 140 Å². The lowest BCUT2D eigenvalue weighted by atomic mass is 9.45. The van der Waals surface area contributed by atoms with Gasteiger partial charge in [-0.15, -0.1) is 0 Å². The summed E-state index contributed by atoms with van der Waals surface area (Å²) in [6.07, 6.45) is 47.6. The van der Waals surface area contributed by atoms with Crippen molar-refractivity contribution in [3.05, 3.63) is 107 Å². The largest absolute Gasteiger partial charge is 0.453 e. The van der Waals surface area contributed by atoms with E-state index in [0.29, 0.717) is 93.9 Å². The second kappa shape index (κ2) is 34.3. The topological polar surface area (TPSA) is 144 Å². The Morgan fingerprint density at radius 1 is 0.364 bits per heavy atom. The van der Waals surface area contributed by atoms with Crippen LogP contribution in [0.2, 0.25) is 0 Å². The fourth-order valence-electron chi connectivity index (χ4n) is 32.8. The summed E-state index contributed by atoms with van der Waals surface area (Å²) in [4.78, 5) is 0. The molecule has 12 nitrogen and oxygen atoms in total. The Kier molecular flexibility index (Phi) is 25.3. The lowest BCUT2D eigenvalue weighted by Gasteiger charge is -2.61. The molecule has 3 N–H and O–H groups in total. The summed E-state index contributed by atoms with van der Waals surface area (Å²) < 4.78 is 56.8. The van der Waals surface area contributed by atoms with Crippen LogP contribution in [-0.2, 0) is 33.2 Å². The van der Waals surface area contributed by atoms with Crippen molar-refractivity contribution < 1.29 is 58.0 Å². The van der Waals surface area contributed by atoms with E-state index in [-0.39, 0.29) is 57.2 Å². The van der Waals surface area contributed by atoms with Gasteiger partial charge in [0.2, 0.25) is 0 Å². The molecule has 20 unspecified atom stereocenters. The highest BCUT2D eigenvalue weighted by Gasteiger charge is 2.71. The molecule has 0 radical (unpaired) electrons. The Balaban J connectivity index is 0.000000110. The third-order valence-electron chi connectivity index (χ3n) is 37.4. The first kappa shape index (κ1) is 87.0. The van der Waals surface area contributed by atoms with Crippen molar-refractivity contribution >= 4 is 45.8 Å². The lowest BCUT2D eigenvalue weighted by Crippen LogP contribution is -2.62. The van der Waals surface area contributed by atoms with Crippen LogP contribution in [0.3, 0.4) is 0 Å². The molecule has 0 amide bonds. The third kappa shape index (κ3) is 15.8. The van der Waals surface area contributed by atoms with Crippen molar-refractivity contribution in [1.82, 2.24) is 0 Å². The molecule has 19 fully saturated rings. The molecule has 15 heteroatoms. The van der Waals surface area contributed by atoms with Crippen LogP contribution < -0.4 is 9.47 Å². The Morgan fingerprint density at radius 3 is 1.13 bits per heavy atom. The van der Waals surface area contributed by atoms with Gasteiger partial charge < -0.3 is 58.0 Å². The van der Waals surface area contributed by atoms with Gasteiger partial charge >= 0.3 is 5.24 Å². The van der Waals surface area contributed by atoms with Gasteiger partial charge in [0.1, 0.15) is 17.6 Å². The first-order valence-electron chi connectivity index (χ1n) is 48.0. The summed E-state index contributed by atoms with van der Waals surface area (Å²) in [7, 11) is 0. The summed E-state index contributed by atoms with van der Waals surface area (Å²) >= 11 is 15.3. The van der Waals surface area contributed by atoms with Gasteiger partial charge in [-0.25, -0.2) is 0 Å². The molecule has 118 heavy (non-hydrogen) atoms. The van der Waals surface area contributed by atoms with E-state index < -0.39 is 29.6 Å². The second-order valence-electron chi connectivity index (χ2n) is 43.6. The summed E-state index contributed by atoms with van der Waals surface area (Å²) in [5, 5.41) is 32.5. The number of rotatable bonds is 3. The molecule has 16 aliphatic carbocycles. The monoisotopic (exact) mass is 1680 g/mol. The molecular formula is C103H149ClO12S2. The van der Waals surface area contributed by atoms with Crippen LogP contribution in [0.5, 0.6) is 11.5 Å². The number of hydrogen-bond donors (Lipinski definition) is 3. The summed E-state index contributed by atoms with van der Waals surface area (Å²) in [5.41, 5.74) is 8.08. The molecule has 3 saturated heterocycles. The molecule has 19 aliphatic rings. The number of aliphatic hydroxyl groups is 3. The zero-order chi connectivity index (χ0) is 82.9. The number of aliphatic hydroxyl groups excluding tert-OH is 3. The van der Waals surface area contributed by atoms with Crippen molar-refractivity contribution in [2.24, 2.45) is 140 Å². The number of benzene rings is 2. The maximum absolute atomic E-state index is 11.0. The van der Waals surface area contributed by atoms with Crippen molar-refractivity contribution in [2.45, 2.75) is 368 Å². The first-order chi connectivity index (χ1) is 56.4. The molecule has 652 valence electrons. The minimum absolute atomic E-state index is 0.0196. The maximum atomic E-state index is 11.0. The fraction of sp³-hybridized carbons (Fsp3) is 0.786. The summed E-state index contributed by atoms with van der Waals surface area (Å²) in [6.45, 7) is 31.7. The summed E-state index contributed by atoms with van der Waals surface area (Å²) in [5.74, 6) is 13.1. The molecule has 21 rings (SSSR count). The van der Waals surface area contributed by atoms with Crippen LogP contribution in [0.25, 0.3) is 0 Å². The van der Waals surface area contributed by atoms with Gasteiger partial charge in [-0.05, 0) is 424 Å². The number of hydrogen-bond acceptors (Lipinski definition) is 14. The normalized spacial score (nSPS) is 48.7. The average Bonchev–Trinajstić information content (AvgIpc) is 1.50. The number of ether oxygens (including phenoxy) is 9. The zero-order valence-electron chi connectivity index (χ0n) is 74.3. The van der Waals surface area contributed by atoms with Gasteiger partial charge in [0, 0.05) is 12.2 Å². The van der Waals surface area contributed by atoms with E-state index >= 15 is 0 Å². The van der Waals surface area contributed by atoms with Crippen molar-refractivity contribution in [3.8, 4) is 11.5 Å². The van der Waals surface area contributed by atoms with Gasteiger partial charge in [0.05, 0.1) is 54.9 Å². The number of fused-ring (bicyclic) bond motifs is 29. The van der Waals surface area contributed by atoms with Gasteiger partial charge in [0.15, 0.2) is 17.4 Å². The molecule has 0 bridgehead atoms. The van der Waals surface area contributed by atoms with E-state index in [9.17, 15) is 15.3 Å². The van der Waals surface area contributed by atoms with E-state index in [2.05, 4.69) is 133 Å². The number of allylic oxidation sites excluding steroid dienone is 8. The van der Waals surface area contributed by atoms with E-state index in [1.165, 1.54) is 148 Å². The quantitative estimate of drug-likeness (QED) is 0.152. The molecule has 0 aromatic heterocycles. The molecule has 34 atom stereocenters. The van der Waals surface area contributed by atoms with E-state index in [0.717, 1.165) is 104 Å². The van der Waals surface area contributed by atoms with Crippen LogP contribution >= 0.6 is 36.0 Å². The van der Waals surface area contributed by atoms with Gasteiger partial charge in [0.25, 0.3) is 4.51 Å². The SMILES string of the molecule is C/C=C1/CCC2C1CCC1C2[C@@H](O)[C@H](O)C2CCCC[C@]12C.C/C=C1/CCC2C1CCC1C2[C@H]2OC(C)(C)O[C@@H]2C2CCCC[C@]12C.C/C=C1/CCC2C1CCC1C2[C@H]2OC(C)(C)O[C@@H]2C2C[C@@H](O)CC[C@]12C.C/C=C1/CCC2C1CCC1C2[C@H]2OC(C)(C)O[C@@H]2C2C[C@@H](OC(=S)Oc3ccccc3)CC[C@]12C.S=C(Cl)Oc1ccccc1. The molecule has 3 heterocycles. The highest BCUT2D eigenvalue weighted by atomic mass is 35.5. The van der Waals surface area contributed by atoms with Gasteiger partial charge in [-0.1, -0.05) is 136 Å². The standard InChI is InChI=1S/C30H40O4S.C23H36O3.C23H36O2.C20H32O2.C7H5ClOS/c1-5-18-11-12-22-21(18)13-14-23-25(22)27-26(33-29(2,3)34-27)24-17-20(15-16-30(23,24)4)32-28(35)31-19-9-7-6-8-10-19;1-5-13-6-7-16-15(13)8-9-17-19(16)21-20(25-22(2,3)26-21)18-12-14(24)10-11-23(17,18)4;1-5-14-9-10-16-15(14)11-12-17-19(16)21-20(24-22(2,3)25-21)18-8-6-7-13-23(17,18)4;1-3-12-7-8-14-13(12)9-10-15-17(14)19(22)18(21)16-6-4-5-11-20(15,16)2;8-7(10)9-6-4-2-1-3-5-6/h5-10,20-27H,11-17H2,1-4H3;5,14-21,24H,6-12H2,1-4H3;5,15-21H,6-13H2,1-4H3;3,13-19,21-22H,4-11H2,1-2H3;1-5H/b18-5-;13-5-;14-5-;12-3-;/t20-,21?,22?,23?,24?,25?,26+,27+,30+;14-,15?,16?,17?,18?,19?,20+,21+,23+;15?,16?,17?,18?,19?,20-,21-,23-;13?,14?,15?,16?,17?,18-,19-,20-;/m0011./s1. The van der Waals surface area contributed by atoms with Crippen LogP contribution in [0.4, 0.5) is 0 Å². The zero-order valence-corrected chi connectivity index (χ0v) is 76.7. The third-order valence-corrected chi connectivity index (χ3v) is 37.8. The lowest BCUT2D eigenvalue weighted by molar-refractivity contribution is -0.201. The molecular weight excluding hydrogens is 1530 g/mol. The second-order valence-corrected chi connectivity index (χ2v) is 44.9. The fourth-order valence-corrected chi connectivity index (χ4v) is 33.2. The minimum atomic E-state index is -0.528. The molecule has 3 aliphatic heterocycles. The Morgan fingerprint density at radius 2 is 0.712 bits per heavy atom. The van der Waals surface area contributed by atoms with Crippen molar-refractivity contribution in [3.63, 3.8) is 0 Å². The molecule has 16 saturated carbocycles. The van der Waals surface area contributed by atoms with Crippen molar-refractivity contribution in [2.75, 3.05) is 0 Å². The Bertz CT molecular complexity index is 4010. The summed E-state index contributed by atoms with van der Waals surface area (Å²) in [6, 6.07) is 18.8. The average molecular weight is 1680 g/mol. The predicted octanol–water partition coefficient (Wildman–Crippen LogP) is 24.0. The van der Waals surface area contributed by atoms with E-state index in [4.69, 9.17) is 66.5 Å². The number of thiocarbonyl (C=S) groups is 2. The minimum Gasteiger partial charge on any atom is -0.453 e.